The zero-order valence-electron chi connectivity index (χ0n) is 12.7. The summed E-state index contributed by atoms with van der Waals surface area (Å²) in [5.41, 5.74) is 1.18. The Morgan fingerprint density at radius 3 is 2.57 bits per heavy atom. The van der Waals surface area contributed by atoms with E-state index in [4.69, 9.17) is 0 Å². The summed E-state index contributed by atoms with van der Waals surface area (Å²) in [5.74, 6) is -1.20. The highest BCUT2D eigenvalue weighted by Crippen LogP contribution is 2.15. The second-order valence-corrected chi connectivity index (χ2v) is 5.13. The molecular weight excluding hydrogens is 275 g/mol. The molecule has 0 radical (unpaired) electrons. The molecule has 0 heterocycles. The Morgan fingerprint density at radius 2 is 2.00 bits per heavy atom. The summed E-state index contributed by atoms with van der Waals surface area (Å²) < 4.78 is 17.8. The number of halogens is 1. The van der Waals surface area contributed by atoms with Crippen LogP contribution in [0.4, 0.5) is 10.1 Å². The lowest BCUT2D eigenvalue weighted by atomic mass is 10.0. The van der Waals surface area contributed by atoms with Crippen LogP contribution in [-0.4, -0.2) is 31.6 Å². The maximum absolute atomic E-state index is 13.1. The minimum atomic E-state index is -0.561. The van der Waals surface area contributed by atoms with E-state index < -0.39 is 17.8 Å². The Kier molecular flexibility index (Phi) is 6.30. The number of benzene rings is 1. The number of amides is 1. The molecule has 2 N–H and O–H groups in total. The molecule has 0 aliphatic carbocycles. The smallest absolute Gasteiger partial charge is 0.323 e. The number of hydrogen-bond acceptors (Lipinski definition) is 4. The number of carbonyl (C=O) groups excluding carboxylic acids is 2. The van der Waals surface area contributed by atoms with Crippen molar-refractivity contribution in [2.24, 2.45) is 5.92 Å². The number of esters is 1. The van der Waals surface area contributed by atoms with E-state index in [-0.39, 0.29) is 18.4 Å². The molecule has 0 aliphatic heterocycles. The monoisotopic (exact) mass is 296 g/mol. The summed E-state index contributed by atoms with van der Waals surface area (Å²) in [4.78, 5) is 23.4. The first-order chi connectivity index (χ1) is 9.85. The third-order valence-electron chi connectivity index (χ3n) is 3.08. The predicted molar refractivity (Wildman–Crippen MR) is 78.4 cm³/mol. The summed E-state index contributed by atoms with van der Waals surface area (Å²) in [6, 6.07) is 3.61. The largest absolute Gasteiger partial charge is 0.468 e. The van der Waals surface area contributed by atoms with Gasteiger partial charge in [0.15, 0.2) is 0 Å². The third-order valence-corrected chi connectivity index (χ3v) is 3.08. The van der Waals surface area contributed by atoms with E-state index in [9.17, 15) is 14.0 Å². The van der Waals surface area contributed by atoms with Crippen LogP contribution in [-0.2, 0) is 14.3 Å². The van der Waals surface area contributed by atoms with Crippen molar-refractivity contribution in [1.29, 1.82) is 0 Å². The fourth-order valence-electron chi connectivity index (χ4n) is 1.84. The van der Waals surface area contributed by atoms with Crippen molar-refractivity contribution < 1.29 is 18.7 Å². The van der Waals surface area contributed by atoms with Crippen LogP contribution in [0.25, 0.3) is 0 Å². The predicted octanol–water partition coefficient (Wildman–Crippen LogP) is 1.86. The molecule has 1 aromatic rings. The molecule has 21 heavy (non-hydrogen) atoms. The summed E-state index contributed by atoms with van der Waals surface area (Å²) in [6.07, 6.45) is 0. The Labute approximate surface area is 123 Å². The van der Waals surface area contributed by atoms with Gasteiger partial charge in [-0.05, 0) is 30.5 Å². The van der Waals surface area contributed by atoms with Crippen LogP contribution >= 0.6 is 0 Å². The lowest BCUT2D eigenvalue weighted by Gasteiger charge is -2.19. The fourth-order valence-corrected chi connectivity index (χ4v) is 1.84. The maximum Gasteiger partial charge on any atom is 0.323 e. The Hall–Kier alpha value is -1.95. The third kappa shape index (κ3) is 5.15. The molecule has 116 valence electrons. The number of carbonyl (C=O) groups is 2. The Bertz CT molecular complexity index is 518. The van der Waals surface area contributed by atoms with Crippen molar-refractivity contribution in [3.63, 3.8) is 0 Å². The van der Waals surface area contributed by atoms with Gasteiger partial charge in [-0.2, -0.15) is 0 Å². The number of hydrogen-bond donors (Lipinski definition) is 2. The van der Waals surface area contributed by atoms with Crippen LogP contribution in [0.2, 0.25) is 0 Å². The van der Waals surface area contributed by atoms with Gasteiger partial charge in [0.2, 0.25) is 5.91 Å². The summed E-state index contributed by atoms with van der Waals surface area (Å²) in [5, 5.41) is 5.45. The van der Waals surface area contributed by atoms with Crippen molar-refractivity contribution in [3.8, 4) is 0 Å². The molecule has 0 spiro atoms. The molecular formula is C15H21FN2O3. The van der Waals surface area contributed by atoms with Gasteiger partial charge < -0.3 is 10.1 Å². The van der Waals surface area contributed by atoms with Crippen LogP contribution < -0.4 is 10.6 Å². The zero-order valence-corrected chi connectivity index (χ0v) is 12.7. The van der Waals surface area contributed by atoms with E-state index in [1.165, 1.54) is 19.2 Å². The molecule has 6 heteroatoms. The van der Waals surface area contributed by atoms with Crippen molar-refractivity contribution in [1.82, 2.24) is 5.32 Å². The average Bonchev–Trinajstić information content (AvgIpc) is 2.42. The normalized spacial score (nSPS) is 12.1. The van der Waals surface area contributed by atoms with Gasteiger partial charge in [0.05, 0.1) is 13.7 Å². The Balaban J connectivity index is 2.61. The van der Waals surface area contributed by atoms with Crippen molar-refractivity contribution in [2.75, 3.05) is 19.0 Å². The van der Waals surface area contributed by atoms with Crippen LogP contribution in [0.1, 0.15) is 19.4 Å². The van der Waals surface area contributed by atoms with E-state index in [1.807, 2.05) is 13.8 Å². The van der Waals surface area contributed by atoms with E-state index in [1.54, 1.807) is 13.0 Å². The first-order valence-corrected chi connectivity index (χ1v) is 6.72. The number of methoxy groups -OCH3 is 1. The van der Waals surface area contributed by atoms with E-state index >= 15 is 0 Å². The highest BCUT2D eigenvalue weighted by atomic mass is 19.1. The summed E-state index contributed by atoms with van der Waals surface area (Å²) in [7, 11) is 1.30. The maximum atomic E-state index is 13.1. The second-order valence-electron chi connectivity index (χ2n) is 5.13. The van der Waals surface area contributed by atoms with E-state index in [2.05, 4.69) is 15.4 Å². The van der Waals surface area contributed by atoms with Gasteiger partial charge in [0.25, 0.3) is 0 Å². The van der Waals surface area contributed by atoms with Crippen molar-refractivity contribution >= 4 is 17.6 Å². The molecule has 1 aromatic carbocycles. The summed E-state index contributed by atoms with van der Waals surface area (Å²) in [6.45, 7) is 5.41. The zero-order chi connectivity index (χ0) is 16.0. The molecule has 0 saturated heterocycles. The van der Waals surface area contributed by atoms with E-state index in [0.717, 1.165) is 5.56 Å². The molecule has 0 saturated carbocycles. The quantitative estimate of drug-likeness (QED) is 0.786. The minimum absolute atomic E-state index is 0.0128. The number of ether oxygens (including phenoxy) is 1. The second kappa shape index (κ2) is 7.73. The van der Waals surface area contributed by atoms with Gasteiger partial charge in [0, 0.05) is 5.69 Å². The molecule has 0 aliphatic rings. The van der Waals surface area contributed by atoms with Crippen LogP contribution in [0.15, 0.2) is 18.2 Å². The number of anilines is 1. The van der Waals surface area contributed by atoms with Gasteiger partial charge in [-0.15, -0.1) is 0 Å². The molecule has 1 amide bonds. The van der Waals surface area contributed by atoms with Gasteiger partial charge in [-0.25, -0.2) is 4.39 Å². The molecule has 1 unspecified atom stereocenters. The highest BCUT2D eigenvalue weighted by Gasteiger charge is 2.23. The van der Waals surface area contributed by atoms with Gasteiger partial charge in [0.1, 0.15) is 11.9 Å². The standard InChI is InChI=1S/C15H21FN2O3/c1-9(2)14(15(20)21-4)17-8-13(19)18-12-7-11(16)6-5-10(12)3/h5-7,9,14,17H,8H2,1-4H3,(H,18,19). The average molecular weight is 296 g/mol. The molecule has 0 bridgehead atoms. The first kappa shape index (κ1) is 17.1. The SMILES string of the molecule is COC(=O)C(NCC(=O)Nc1cc(F)ccc1C)C(C)C. The molecule has 0 fully saturated rings. The van der Waals surface area contributed by atoms with Crippen molar-refractivity contribution in [3.05, 3.63) is 29.6 Å². The lowest BCUT2D eigenvalue weighted by molar-refractivity contribution is -0.144. The number of nitrogens with one attached hydrogen (secondary N) is 2. The molecule has 1 atom stereocenters. The summed E-state index contributed by atoms with van der Waals surface area (Å²) >= 11 is 0. The van der Waals surface area contributed by atoms with Crippen LogP contribution in [0.3, 0.4) is 0 Å². The van der Waals surface area contributed by atoms with E-state index in [0.29, 0.717) is 5.69 Å². The van der Waals surface area contributed by atoms with Crippen LogP contribution in [0.5, 0.6) is 0 Å². The number of rotatable bonds is 6. The number of aryl methyl sites for hydroxylation is 1. The topological polar surface area (TPSA) is 67.4 Å². The van der Waals surface area contributed by atoms with Crippen molar-refractivity contribution in [2.45, 2.75) is 26.8 Å². The Morgan fingerprint density at radius 1 is 1.33 bits per heavy atom. The molecule has 5 nitrogen and oxygen atoms in total. The lowest BCUT2D eigenvalue weighted by Crippen LogP contribution is -2.45. The fraction of sp³-hybridized carbons (Fsp3) is 0.467. The van der Waals surface area contributed by atoms with Crippen LogP contribution in [0, 0.1) is 18.7 Å². The van der Waals surface area contributed by atoms with Gasteiger partial charge >= 0.3 is 5.97 Å². The van der Waals surface area contributed by atoms with Gasteiger partial charge in [-0.1, -0.05) is 19.9 Å². The van der Waals surface area contributed by atoms with Gasteiger partial charge in [-0.3, -0.25) is 14.9 Å². The highest BCUT2D eigenvalue weighted by molar-refractivity contribution is 5.93. The molecule has 1 rings (SSSR count). The first-order valence-electron chi connectivity index (χ1n) is 6.72. The molecule has 0 aromatic heterocycles. The minimum Gasteiger partial charge on any atom is -0.468 e.